The standard InChI is InChI=1S/C18H34N2O3/c1-5-16-14(9-11-22-16)12-19-13-15-8-6-7-10-20(15)17(21)23-18(2,3)4/h14-16,19H,5-13H2,1-4H3. The van der Waals surface area contributed by atoms with Crippen molar-refractivity contribution in [2.75, 3.05) is 26.2 Å². The maximum Gasteiger partial charge on any atom is 0.410 e. The van der Waals surface area contributed by atoms with Crippen LogP contribution in [0.2, 0.25) is 0 Å². The van der Waals surface area contributed by atoms with Crippen molar-refractivity contribution in [3.8, 4) is 0 Å². The summed E-state index contributed by atoms with van der Waals surface area (Å²) < 4.78 is 11.3. The van der Waals surface area contributed by atoms with Crippen LogP contribution >= 0.6 is 0 Å². The molecule has 2 saturated heterocycles. The number of nitrogens with zero attached hydrogens (tertiary/aromatic N) is 1. The molecular weight excluding hydrogens is 292 g/mol. The molecule has 2 fully saturated rings. The average Bonchev–Trinajstić information content (AvgIpc) is 2.93. The molecule has 3 unspecified atom stereocenters. The van der Waals surface area contributed by atoms with Gasteiger partial charge in [-0.15, -0.1) is 0 Å². The van der Waals surface area contributed by atoms with E-state index in [2.05, 4.69) is 12.2 Å². The van der Waals surface area contributed by atoms with Gasteiger partial charge in [-0.3, -0.25) is 0 Å². The fraction of sp³-hybridized carbons (Fsp3) is 0.944. The van der Waals surface area contributed by atoms with E-state index in [1.165, 1.54) is 6.42 Å². The second-order valence-electron chi connectivity index (χ2n) is 7.85. The lowest BCUT2D eigenvalue weighted by Crippen LogP contribution is -2.50. The van der Waals surface area contributed by atoms with E-state index in [1.807, 2.05) is 25.7 Å². The molecule has 0 aromatic heterocycles. The molecule has 0 spiro atoms. The van der Waals surface area contributed by atoms with Crippen LogP contribution in [0.3, 0.4) is 0 Å². The number of nitrogens with one attached hydrogen (secondary N) is 1. The van der Waals surface area contributed by atoms with Crippen molar-refractivity contribution in [3.63, 3.8) is 0 Å². The summed E-state index contributed by atoms with van der Waals surface area (Å²) in [5.74, 6) is 0.610. The summed E-state index contributed by atoms with van der Waals surface area (Å²) in [5, 5.41) is 3.58. The third kappa shape index (κ3) is 5.64. The topological polar surface area (TPSA) is 50.8 Å². The summed E-state index contributed by atoms with van der Waals surface area (Å²) in [6.45, 7) is 11.5. The first kappa shape index (κ1) is 18.5. The van der Waals surface area contributed by atoms with Crippen molar-refractivity contribution in [1.82, 2.24) is 10.2 Å². The zero-order valence-corrected chi connectivity index (χ0v) is 15.3. The molecule has 0 aliphatic carbocycles. The van der Waals surface area contributed by atoms with Gasteiger partial charge in [0.05, 0.1) is 6.10 Å². The second kappa shape index (κ2) is 8.34. The maximum atomic E-state index is 12.4. The van der Waals surface area contributed by atoms with E-state index in [1.54, 1.807) is 0 Å². The van der Waals surface area contributed by atoms with E-state index in [0.29, 0.717) is 12.0 Å². The average molecular weight is 326 g/mol. The summed E-state index contributed by atoms with van der Waals surface area (Å²) in [5.41, 5.74) is -0.429. The van der Waals surface area contributed by atoms with E-state index in [4.69, 9.17) is 9.47 Å². The summed E-state index contributed by atoms with van der Waals surface area (Å²) in [4.78, 5) is 14.3. The highest BCUT2D eigenvalue weighted by Gasteiger charge is 2.31. The zero-order chi connectivity index (χ0) is 16.9. The number of hydrogen-bond donors (Lipinski definition) is 1. The fourth-order valence-corrected chi connectivity index (χ4v) is 3.59. The van der Waals surface area contributed by atoms with Gasteiger partial charge >= 0.3 is 6.09 Å². The van der Waals surface area contributed by atoms with E-state index in [0.717, 1.165) is 51.9 Å². The number of amides is 1. The van der Waals surface area contributed by atoms with Gasteiger partial charge in [0.1, 0.15) is 5.60 Å². The number of hydrogen-bond acceptors (Lipinski definition) is 4. The Balaban J connectivity index is 1.80. The third-order valence-corrected chi connectivity index (χ3v) is 4.79. The molecule has 2 aliphatic rings. The van der Waals surface area contributed by atoms with Gasteiger partial charge in [0.25, 0.3) is 0 Å². The molecule has 5 nitrogen and oxygen atoms in total. The van der Waals surface area contributed by atoms with Crippen LogP contribution in [0.5, 0.6) is 0 Å². The lowest BCUT2D eigenvalue weighted by atomic mass is 9.98. The molecule has 1 N–H and O–H groups in total. The molecule has 2 aliphatic heterocycles. The molecule has 134 valence electrons. The van der Waals surface area contributed by atoms with Gasteiger partial charge in [0, 0.05) is 32.3 Å². The van der Waals surface area contributed by atoms with Crippen LogP contribution in [-0.2, 0) is 9.47 Å². The molecule has 1 amide bonds. The minimum absolute atomic E-state index is 0.167. The Labute approximate surface area is 141 Å². The first-order chi connectivity index (χ1) is 10.9. The van der Waals surface area contributed by atoms with E-state index in [9.17, 15) is 4.79 Å². The highest BCUT2D eigenvalue weighted by Crippen LogP contribution is 2.23. The molecule has 2 rings (SSSR count). The number of ether oxygens (including phenoxy) is 2. The quantitative estimate of drug-likeness (QED) is 0.843. The van der Waals surface area contributed by atoms with Crippen molar-refractivity contribution in [2.45, 2.75) is 77.5 Å². The van der Waals surface area contributed by atoms with Crippen molar-refractivity contribution < 1.29 is 14.3 Å². The summed E-state index contributed by atoms with van der Waals surface area (Å²) in [7, 11) is 0. The van der Waals surface area contributed by atoms with Crippen molar-refractivity contribution in [2.24, 2.45) is 5.92 Å². The number of carbonyl (C=O) groups excluding carboxylic acids is 1. The fourth-order valence-electron chi connectivity index (χ4n) is 3.59. The smallest absolute Gasteiger partial charge is 0.410 e. The lowest BCUT2D eigenvalue weighted by Gasteiger charge is -2.37. The highest BCUT2D eigenvalue weighted by atomic mass is 16.6. The molecule has 2 heterocycles. The molecular formula is C18H34N2O3. The normalized spacial score (nSPS) is 28.9. The molecule has 0 radical (unpaired) electrons. The molecule has 5 heteroatoms. The predicted molar refractivity (Wildman–Crippen MR) is 91.6 cm³/mol. The van der Waals surface area contributed by atoms with Crippen molar-refractivity contribution in [1.29, 1.82) is 0 Å². The van der Waals surface area contributed by atoms with E-state index < -0.39 is 5.60 Å². The van der Waals surface area contributed by atoms with Gasteiger partial charge in [0.15, 0.2) is 0 Å². The van der Waals surface area contributed by atoms with Gasteiger partial charge < -0.3 is 19.7 Å². The second-order valence-corrected chi connectivity index (χ2v) is 7.85. The van der Waals surface area contributed by atoms with Gasteiger partial charge in [-0.2, -0.15) is 0 Å². The Hall–Kier alpha value is -0.810. The Morgan fingerprint density at radius 1 is 1.26 bits per heavy atom. The largest absolute Gasteiger partial charge is 0.444 e. The molecule has 23 heavy (non-hydrogen) atoms. The van der Waals surface area contributed by atoms with Crippen molar-refractivity contribution in [3.05, 3.63) is 0 Å². The molecule has 3 atom stereocenters. The van der Waals surface area contributed by atoms with Gasteiger partial charge in [-0.25, -0.2) is 4.79 Å². The Bertz CT molecular complexity index is 381. The molecule has 0 bridgehead atoms. The SMILES string of the molecule is CCC1OCCC1CNCC1CCCCN1C(=O)OC(C)(C)C. The summed E-state index contributed by atoms with van der Waals surface area (Å²) in [6, 6.07) is 0.251. The Kier molecular flexibility index (Phi) is 6.72. The van der Waals surface area contributed by atoms with Crippen molar-refractivity contribution >= 4 is 6.09 Å². The van der Waals surface area contributed by atoms with E-state index >= 15 is 0 Å². The molecule has 0 saturated carbocycles. The Morgan fingerprint density at radius 3 is 2.74 bits per heavy atom. The predicted octanol–water partition coefficient (Wildman–Crippen LogP) is 3.18. The summed E-state index contributed by atoms with van der Waals surface area (Å²) >= 11 is 0. The third-order valence-electron chi connectivity index (χ3n) is 4.79. The Morgan fingerprint density at radius 2 is 2.04 bits per heavy atom. The van der Waals surface area contributed by atoms with Crippen LogP contribution in [0.25, 0.3) is 0 Å². The highest BCUT2D eigenvalue weighted by molar-refractivity contribution is 5.68. The van der Waals surface area contributed by atoms with Crippen LogP contribution in [0, 0.1) is 5.92 Å². The maximum absolute atomic E-state index is 12.4. The minimum atomic E-state index is -0.429. The number of piperidine rings is 1. The monoisotopic (exact) mass is 326 g/mol. The number of likely N-dealkylation sites (tertiary alicyclic amines) is 1. The zero-order valence-electron chi connectivity index (χ0n) is 15.3. The minimum Gasteiger partial charge on any atom is -0.444 e. The van der Waals surface area contributed by atoms with Gasteiger partial charge in [-0.1, -0.05) is 6.92 Å². The molecule has 0 aromatic carbocycles. The lowest BCUT2D eigenvalue weighted by molar-refractivity contribution is 0.00970. The van der Waals surface area contributed by atoms with Crippen LogP contribution in [-0.4, -0.2) is 55.0 Å². The van der Waals surface area contributed by atoms with Crippen LogP contribution < -0.4 is 5.32 Å². The summed E-state index contributed by atoms with van der Waals surface area (Å²) in [6.07, 6.45) is 5.78. The van der Waals surface area contributed by atoms with E-state index in [-0.39, 0.29) is 12.1 Å². The first-order valence-electron chi connectivity index (χ1n) is 9.22. The first-order valence-corrected chi connectivity index (χ1v) is 9.22. The van der Waals surface area contributed by atoms with Crippen LogP contribution in [0.1, 0.15) is 59.8 Å². The van der Waals surface area contributed by atoms with Crippen LogP contribution in [0.15, 0.2) is 0 Å². The number of rotatable bonds is 5. The van der Waals surface area contributed by atoms with Crippen LogP contribution in [0.4, 0.5) is 4.79 Å². The van der Waals surface area contributed by atoms with Gasteiger partial charge in [-0.05, 0) is 58.8 Å². The molecule has 0 aromatic rings. The number of carbonyl (C=O) groups is 1. The van der Waals surface area contributed by atoms with Gasteiger partial charge in [0.2, 0.25) is 0 Å².